The number of methoxy groups -OCH3 is 2. The van der Waals surface area contributed by atoms with Crippen molar-refractivity contribution in [1.29, 1.82) is 0 Å². The fourth-order valence-electron chi connectivity index (χ4n) is 8.28. The molecule has 1 N–H and O–H groups in total. The number of phenols is 1. The Morgan fingerprint density at radius 3 is 1.98 bits per heavy atom. The number of alkyl halides is 5. The molecule has 0 spiro atoms. The van der Waals surface area contributed by atoms with Gasteiger partial charge in [0.15, 0.2) is 38.8 Å². The second-order valence-electron chi connectivity index (χ2n) is 13.5. The molecule has 3 fully saturated rings. The Hall–Kier alpha value is -4.88. The minimum absolute atomic E-state index is 0.00824. The van der Waals surface area contributed by atoms with E-state index in [-0.39, 0.29) is 39.0 Å². The molecule has 2 aromatic carbocycles. The number of hydrogen-bond donors (Lipinski definition) is 1. The zero-order valence-electron chi connectivity index (χ0n) is 29.0. The molecule has 4 amide bonds. The molecule has 7 rings (SSSR count). The summed E-state index contributed by atoms with van der Waals surface area (Å²) in [6, 6.07) is 3.48. The number of carbonyl (C=O) groups is 4. The standard InChI is InChI=1S/C35H23Cl3F8N4O7/c1-48(28-15(36)6-7-18(47-28)35(44,45)46)50-29(52)13-5-4-12-14(19(13)30(50)53)10-33(37)31(54)49(27-25(42)23(40)22(39)24(41)26(27)43)32(55)34(33,38)21(12)20-16(56-2)8-11(51)9-17(20)57-3/h4,6-9,13-14,19,21,51H,5,10H2,1-3H3. The Morgan fingerprint density at radius 2 is 1.44 bits per heavy atom. The number of anilines is 2. The number of pyridine rings is 1. The number of aromatic hydroxyl groups is 1. The molecule has 3 heterocycles. The Bertz CT molecular complexity index is 2310. The minimum atomic E-state index is -4.96. The molecule has 1 saturated carbocycles. The Labute approximate surface area is 330 Å². The lowest BCUT2D eigenvalue weighted by Crippen LogP contribution is -2.60. The number of hydrazine groups is 1. The first kappa shape index (κ1) is 40.3. The summed E-state index contributed by atoms with van der Waals surface area (Å²) in [5, 5.41) is 11.3. The summed E-state index contributed by atoms with van der Waals surface area (Å²) in [5.41, 5.74) is -3.66. The normalized spacial score (nSPS) is 27.0. The van der Waals surface area contributed by atoms with E-state index in [0.29, 0.717) is 16.1 Å². The molecule has 2 saturated heterocycles. The first-order chi connectivity index (χ1) is 26.6. The van der Waals surface area contributed by atoms with Crippen molar-refractivity contribution in [1.82, 2.24) is 9.99 Å². The number of carbonyl (C=O) groups excluding carboxylic acids is 4. The van der Waals surface area contributed by atoms with Crippen LogP contribution in [0.5, 0.6) is 17.2 Å². The van der Waals surface area contributed by atoms with Gasteiger partial charge in [0.1, 0.15) is 28.6 Å². The smallest absolute Gasteiger partial charge is 0.433 e. The van der Waals surface area contributed by atoms with Crippen molar-refractivity contribution in [2.45, 2.75) is 34.7 Å². The van der Waals surface area contributed by atoms with Gasteiger partial charge in [0.05, 0.1) is 31.1 Å². The van der Waals surface area contributed by atoms with E-state index < -0.39 is 122 Å². The van der Waals surface area contributed by atoms with E-state index in [1.165, 1.54) is 6.08 Å². The second kappa shape index (κ2) is 13.3. The molecule has 57 heavy (non-hydrogen) atoms. The summed E-state index contributed by atoms with van der Waals surface area (Å²) >= 11 is 20.5. The fourth-order valence-corrected chi connectivity index (χ4v) is 9.43. The number of fused-ring (bicyclic) bond motifs is 4. The predicted octanol–water partition coefficient (Wildman–Crippen LogP) is 6.79. The summed E-state index contributed by atoms with van der Waals surface area (Å²) in [7, 11) is 3.26. The number of benzene rings is 2. The Morgan fingerprint density at radius 1 is 0.877 bits per heavy atom. The van der Waals surface area contributed by atoms with Crippen LogP contribution in [0.4, 0.5) is 46.6 Å². The lowest BCUT2D eigenvalue weighted by Gasteiger charge is -2.51. The summed E-state index contributed by atoms with van der Waals surface area (Å²) in [6.07, 6.45) is -4.80. The van der Waals surface area contributed by atoms with Crippen molar-refractivity contribution in [2.75, 3.05) is 31.2 Å². The van der Waals surface area contributed by atoms with Crippen molar-refractivity contribution in [3.05, 3.63) is 81.3 Å². The number of phenolic OH excluding ortho intramolecular Hbond substituents is 1. The number of imide groups is 2. The number of ether oxygens (including phenoxy) is 2. The maximum atomic E-state index is 15.4. The third-order valence-electron chi connectivity index (χ3n) is 10.7. The minimum Gasteiger partial charge on any atom is -0.508 e. The quantitative estimate of drug-likeness (QED) is 0.0712. The molecular formula is C35H23Cl3F8N4O7. The van der Waals surface area contributed by atoms with Gasteiger partial charge in [0, 0.05) is 30.7 Å². The van der Waals surface area contributed by atoms with Crippen LogP contribution in [0.1, 0.15) is 30.0 Å². The van der Waals surface area contributed by atoms with Crippen molar-refractivity contribution in [3.8, 4) is 17.2 Å². The van der Waals surface area contributed by atoms with E-state index in [1.807, 2.05) is 0 Å². The van der Waals surface area contributed by atoms with Gasteiger partial charge in [0.25, 0.3) is 23.6 Å². The topological polar surface area (TPSA) is 130 Å². The van der Waals surface area contributed by atoms with E-state index >= 15 is 8.78 Å². The summed E-state index contributed by atoms with van der Waals surface area (Å²) in [5.74, 6) is -26.2. The zero-order chi connectivity index (χ0) is 42.0. The van der Waals surface area contributed by atoms with Crippen LogP contribution in [0.2, 0.25) is 5.02 Å². The number of allylic oxidation sites excluding steroid dienone is 2. The SMILES string of the molecule is COc1cc(O)cc(OC)c1C1C2=CCC3C(=O)N(N(C)c4nc(C(F)(F)F)ccc4Cl)C(=O)C3C2CC2(Cl)C(=O)N(c3c(F)c(F)c(F)c(F)c3F)C(=O)C12Cl. The van der Waals surface area contributed by atoms with E-state index in [9.17, 15) is 50.6 Å². The molecule has 0 radical (unpaired) electrons. The molecule has 11 nitrogen and oxygen atoms in total. The van der Waals surface area contributed by atoms with Gasteiger partial charge in [-0.3, -0.25) is 24.2 Å². The van der Waals surface area contributed by atoms with Crippen molar-refractivity contribution in [2.24, 2.45) is 17.8 Å². The molecule has 302 valence electrons. The highest BCUT2D eigenvalue weighted by Gasteiger charge is 2.78. The summed E-state index contributed by atoms with van der Waals surface area (Å²) in [4.78, 5) is 54.8. The first-order valence-electron chi connectivity index (χ1n) is 16.4. The summed E-state index contributed by atoms with van der Waals surface area (Å²) in [6.45, 7) is 0. The third kappa shape index (κ3) is 5.40. The van der Waals surface area contributed by atoms with Gasteiger partial charge in [0.2, 0.25) is 5.82 Å². The Kier molecular flexibility index (Phi) is 9.44. The molecule has 4 aliphatic rings. The molecule has 6 atom stereocenters. The first-order valence-corrected chi connectivity index (χ1v) is 17.5. The molecule has 3 aromatic rings. The third-order valence-corrected chi connectivity index (χ3v) is 12.4. The fraction of sp³-hybridized carbons (Fsp3) is 0.343. The van der Waals surface area contributed by atoms with Crippen LogP contribution < -0.4 is 19.4 Å². The number of nitrogens with zero attached hydrogens (tertiary/aromatic N) is 4. The Balaban J connectivity index is 1.43. The zero-order valence-corrected chi connectivity index (χ0v) is 31.2. The van der Waals surface area contributed by atoms with E-state index in [0.717, 1.165) is 39.5 Å². The van der Waals surface area contributed by atoms with Crippen molar-refractivity contribution >= 4 is 69.9 Å². The van der Waals surface area contributed by atoms with Gasteiger partial charge < -0.3 is 14.6 Å². The van der Waals surface area contributed by atoms with Crippen LogP contribution >= 0.6 is 34.8 Å². The van der Waals surface area contributed by atoms with E-state index in [1.54, 1.807) is 0 Å². The van der Waals surface area contributed by atoms with E-state index in [2.05, 4.69) is 4.98 Å². The predicted molar refractivity (Wildman–Crippen MR) is 182 cm³/mol. The maximum absolute atomic E-state index is 15.4. The van der Waals surface area contributed by atoms with Gasteiger partial charge in [-0.15, -0.1) is 23.2 Å². The highest BCUT2D eigenvalue weighted by atomic mass is 35.5. The van der Waals surface area contributed by atoms with Crippen LogP contribution in [-0.4, -0.2) is 69.7 Å². The molecule has 0 bridgehead atoms. The average molecular weight is 870 g/mol. The highest BCUT2D eigenvalue weighted by molar-refractivity contribution is 6.58. The van der Waals surface area contributed by atoms with Crippen LogP contribution in [0.25, 0.3) is 0 Å². The molecule has 22 heteroatoms. The molecule has 2 aliphatic heterocycles. The lowest BCUT2D eigenvalue weighted by molar-refractivity contribution is -0.141. The largest absolute Gasteiger partial charge is 0.508 e. The number of rotatable bonds is 6. The van der Waals surface area contributed by atoms with Crippen molar-refractivity contribution in [3.63, 3.8) is 0 Å². The monoisotopic (exact) mass is 868 g/mol. The average Bonchev–Trinajstić information content (AvgIpc) is 3.50. The number of aromatic nitrogens is 1. The molecular weight excluding hydrogens is 847 g/mol. The van der Waals surface area contributed by atoms with Gasteiger partial charge in [-0.05, 0) is 30.9 Å². The van der Waals surface area contributed by atoms with Gasteiger partial charge >= 0.3 is 6.18 Å². The number of amides is 4. The van der Waals surface area contributed by atoms with Crippen molar-refractivity contribution < 1.29 is 68.9 Å². The van der Waals surface area contributed by atoms with Crippen LogP contribution in [0.15, 0.2) is 35.9 Å². The van der Waals surface area contributed by atoms with Gasteiger partial charge in [-0.25, -0.2) is 31.8 Å². The second-order valence-corrected chi connectivity index (χ2v) is 15.1. The van der Waals surface area contributed by atoms with E-state index in [4.69, 9.17) is 44.3 Å². The number of hydrogen-bond acceptors (Lipinski definition) is 9. The van der Waals surface area contributed by atoms with Crippen LogP contribution in [0.3, 0.4) is 0 Å². The van der Waals surface area contributed by atoms with Gasteiger partial charge in [-0.2, -0.15) is 18.2 Å². The molecule has 2 aliphatic carbocycles. The maximum Gasteiger partial charge on any atom is 0.433 e. The van der Waals surface area contributed by atoms with Crippen LogP contribution in [-0.2, 0) is 25.4 Å². The summed E-state index contributed by atoms with van der Waals surface area (Å²) < 4.78 is 126. The van der Waals surface area contributed by atoms with Crippen LogP contribution in [0, 0.1) is 46.8 Å². The molecule has 1 aromatic heterocycles. The molecule has 6 unspecified atom stereocenters. The number of halogens is 11. The van der Waals surface area contributed by atoms with Gasteiger partial charge in [-0.1, -0.05) is 23.3 Å². The lowest BCUT2D eigenvalue weighted by atomic mass is 9.56. The highest BCUT2D eigenvalue weighted by Crippen LogP contribution is 2.68.